The van der Waals surface area contributed by atoms with E-state index in [-0.39, 0.29) is 12.1 Å². The highest BCUT2D eigenvalue weighted by molar-refractivity contribution is 5.69. The molecular formula is C14H17NO3. The fourth-order valence-electron chi connectivity index (χ4n) is 2.13. The summed E-state index contributed by atoms with van der Waals surface area (Å²) in [5, 5.41) is 0. The molecule has 0 aromatic heterocycles. The maximum atomic E-state index is 11.7. The van der Waals surface area contributed by atoms with Gasteiger partial charge < -0.3 is 9.47 Å². The lowest BCUT2D eigenvalue weighted by Gasteiger charge is -2.30. The molecule has 4 nitrogen and oxygen atoms in total. The zero-order chi connectivity index (χ0) is 13.0. The van der Waals surface area contributed by atoms with Crippen molar-refractivity contribution in [1.29, 1.82) is 0 Å². The maximum absolute atomic E-state index is 11.7. The summed E-state index contributed by atoms with van der Waals surface area (Å²) >= 11 is 0. The van der Waals surface area contributed by atoms with Gasteiger partial charge in [0, 0.05) is 6.20 Å². The molecule has 2 rings (SSSR count). The Kier molecular flexibility index (Phi) is 3.87. The average molecular weight is 247 g/mol. The van der Waals surface area contributed by atoms with E-state index in [0.717, 1.165) is 24.2 Å². The van der Waals surface area contributed by atoms with Crippen molar-refractivity contribution in [2.75, 3.05) is 14.2 Å². The maximum Gasteiger partial charge on any atom is 0.414 e. The molecule has 0 bridgehead atoms. The van der Waals surface area contributed by atoms with Crippen LogP contribution in [0.25, 0.3) is 0 Å². The number of carbonyl (C=O) groups excluding carboxylic acids is 1. The highest BCUT2D eigenvalue weighted by Gasteiger charge is 2.25. The third-order valence-electron chi connectivity index (χ3n) is 3.09. The van der Waals surface area contributed by atoms with Crippen LogP contribution in [-0.2, 0) is 4.74 Å². The van der Waals surface area contributed by atoms with Crippen LogP contribution in [0.4, 0.5) is 4.79 Å². The van der Waals surface area contributed by atoms with E-state index in [2.05, 4.69) is 0 Å². The molecule has 96 valence electrons. The number of methoxy groups -OCH3 is 2. The topological polar surface area (TPSA) is 38.8 Å². The Bertz CT molecular complexity index is 439. The minimum Gasteiger partial charge on any atom is -0.497 e. The van der Waals surface area contributed by atoms with E-state index in [1.165, 1.54) is 7.11 Å². The summed E-state index contributed by atoms with van der Waals surface area (Å²) in [4.78, 5) is 13.3. The summed E-state index contributed by atoms with van der Waals surface area (Å²) in [6.45, 7) is 0. The van der Waals surface area contributed by atoms with Gasteiger partial charge in [-0.2, -0.15) is 0 Å². The van der Waals surface area contributed by atoms with Gasteiger partial charge in [0.2, 0.25) is 0 Å². The molecule has 1 aromatic rings. The molecule has 1 heterocycles. The molecule has 1 unspecified atom stereocenters. The molecule has 0 saturated heterocycles. The second-order valence-corrected chi connectivity index (χ2v) is 4.13. The van der Waals surface area contributed by atoms with Crippen molar-refractivity contribution < 1.29 is 14.3 Å². The first-order valence-electron chi connectivity index (χ1n) is 5.93. The van der Waals surface area contributed by atoms with Gasteiger partial charge in [-0.3, -0.25) is 4.90 Å². The van der Waals surface area contributed by atoms with Crippen molar-refractivity contribution in [1.82, 2.24) is 4.90 Å². The number of carbonyl (C=O) groups is 1. The zero-order valence-corrected chi connectivity index (χ0v) is 10.6. The molecule has 1 aliphatic rings. The van der Waals surface area contributed by atoms with Crippen molar-refractivity contribution in [2.24, 2.45) is 0 Å². The van der Waals surface area contributed by atoms with E-state index in [0.29, 0.717) is 0 Å². The van der Waals surface area contributed by atoms with Crippen LogP contribution in [0.3, 0.4) is 0 Å². The Labute approximate surface area is 107 Å². The first-order valence-corrected chi connectivity index (χ1v) is 5.93. The molecule has 1 atom stereocenters. The molecule has 0 fully saturated rings. The molecule has 1 aromatic carbocycles. The highest BCUT2D eigenvalue weighted by Crippen LogP contribution is 2.31. The van der Waals surface area contributed by atoms with Gasteiger partial charge in [0.15, 0.2) is 0 Å². The van der Waals surface area contributed by atoms with E-state index in [4.69, 9.17) is 9.47 Å². The van der Waals surface area contributed by atoms with Crippen molar-refractivity contribution >= 4 is 6.09 Å². The molecule has 4 heteroatoms. The Morgan fingerprint density at radius 2 is 2.00 bits per heavy atom. The quantitative estimate of drug-likeness (QED) is 0.806. The highest BCUT2D eigenvalue weighted by atomic mass is 16.5. The lowest BCUT2D eigenvalue weighted by molar-refractivity contribution is 0.121. The van der Waals surface area contributed by atoms with E-state index in [1.807, 2.05) is 30.3 Å². The van der Waals surface area contributed by atoms with Crippen LogP contribution in [0, 0.1) is 0 Å². The lowest BCUT2D eigenvalue weighted by Crippen LogP contribution is -2.31. The third kappa shape index (κ3) is 2.47. The van der Waals surface area contributed by atoms with Crippen LogP contribution in [0.1, 0.15) is 24.4 Å². The van der Waals surface area contributed by atoms with E-state index >= 15 is 0 Å². The fraction of sp³-hybridized carbons (Fsp3) is 0.357. The van der Waals surface area contributed by atoms with Crippen LogP contribution in [0.2, 0.25) is 0 Å². The van der Waals surface area contributed by atoms with E-state index in [1.54, 1.807) is 18.2 Å². The molecule has 0 N–H and O–H groups in total. The number of hydrogen-bond donors (Lipinski definition) is 0. The minimum absolute atomic E-state index is 0.0355. The number of benzene rings is 1. The largest absolute Gasteiger partial charge is 0.497 e. The number of ether oxygens (including phenoxy) is 2. The first-order chi connectivity index (χ1) is 8.76. The van der Waals surface area contributed by atoms with Crippen LogP contribution < -0.4 is 4.74 Å². The number of allylic oxidation sites excluding steroid dienone is 1. The van der Waals surface area contributed by atoms with Crippen molar-refractivity contribution in [3.05, 3.63) is 42.1 Å². The van der Waals surface area contributed by atoms with Gasteiger partial charge in [0.1, 0.15) is 5.75 Å². The SMILES string of the molecule is COC(=O)N1C=CCCC1c1ccc(OC)cc1. The lowest BCUT2D eigenvalue weighted by atomic mass is 9.98. The van der Waals surface area contributed by atoms with Gasteiger partial charge in [-0.25, -0.2) is 4.79 Å². The standard InChI is InChI=1S/C14H17NO3/c1-17-12-8-6-11(7-9-12)13-5-3-4-10-15(13)14(16)18-2/h4,6-10,13H,3,5H2,1-2H3. The van der Waals surface area contributed by atoms with Gasteiger partial charge >= 0.3 is 6.09 Å². The van der Waals surface area contributed by atoms with Crippen molar-refractivity contribution in [3.63, 3.8) is 0 Å². The van der Waals surface area contributed by atoms with Gasteiger partial charge in [0.25, 0.3) is 0 Å². The van der Waals surface area contributed by atoms with Crippen molar-refractivity contribution in [3.8, 4) is 5.75 Å². The van der Waals surface area contributed by atoms with Crippen LogP contribution in [0.5, 0.6) is 5.75 Å². The molecule has 0 saturated carbocycles. The molecule has 0 aliphatic carbocycles. The number of rotatable bonds is 2. The smallest absolute Gasteiger partial charge is 0.414 e. The third-order valence-corrected chi connectivity index (χ3v) is 3.09. The molecular weight excluding hydrogens is 230 g/mol. The Morgan fingerprint density at radius 1 is 1.28 bits per heavy atom. The van der Waals surface area contributed by atoms with Crippen LogP contribution in [-0.4, -0.2) is 25.2 Å². The summed E-state index contributed by atoms with van der Waals surface area (Å²) in [6, 6.07) is 7.82. The normalized spacial score (nSPS) is 18.6. The van der Waals surface area contributed by atoms with Gasteiger partial charge in [-0.15, -0.1) is 0 Å². The van der Waals surface area contributed by atoms with Crippen LogP contribution in [0.15, 0.2) is 36.5 Å². The Hall–Kier alpha value is -1.97. The number of amides is 1. The molecule has 0 spiro atoms. The van der Waals surface area contributed by atoms with Crippen LogP contribution >= 0.6 is 0 Å². The van der Waals surface area contributed by atoms with Gasteiger partial charge in [0.05, 0.1) is 20.3 Å². The predicted octanol–water partition coefficient (Wildman–Crippen LogP) is 3.11. The summed E-state index contributed by atoms with van der Waals surface area (Å²) in [6.07, 6.45) is 5.32. The second-order valence-electron chi connectivity index (χ2n) is 4.13. The molecule has 0 radical (unpaired) electrons. The fourth-order valence-corrected chi connectivity index (χ4v) is 2.13. The van der Waals surface area contributed by atoms with Crippen molar-refractivity contribution in [2.45, 2.75) is 18.9 Å². The molecule has 18 heavy (non-hydrogen) atoms. The second kappa shape index (κ2) is 5.58. The molecule has 1 aliphatic heterocycles. The molecule has 1 amide bonds. The Morgan fingerprint density at radius 3 is 2.61 bits per heavy atom. The monoisotopic (exact) mass is 247 g/mol. The van der Waals surface area contributed by atoms with Gasteiger partial charge in [-0.1, -0.05) is 18.2 Å². The Balaban J connectivity index is 2.23. The summed E-state index contributed by atoms with van der Waals surface area (Å²) in [5.41, 5.74) is 1.09. The number of nitrogens with zero attached hydrogens (tertiary/aromatic N) is 1. The van der Waals surface area contributed by atoms with E-state index in [9.17, 15) is 4.79 Å². The van der Waals surface area contributed by atoms with Gasteiger partial charge in [-0.05, 0) is 30.5 Å². The minimum atomic E-state index is -0.327. The predicted molar refractivity (Wildman–Crippen MR) is 68.4 cm³/mol. The summed E-state index contributed by atoms with van der Waals surface area (Å²) in [5.74, 6) is 0.815. The first kappa shape index (κ1) is 12.5. The zero-order valence-electron chi connectivity index (χ0n) is 10.6. The summed E-state index contributed by atoms with van der Waals surface area (Å²) < 4.78 is 9.93. The average Bonchev–Trinajstić information content (AvgIpc) is 2.46. The number of hydrogen-bond acceptors (Lipinski definition) is 3. The summed E-state index contributed by atoms with van der Waals surface area (Å²) in [7, 11) is 3.04. The van der Waals surface area contributed by atoms with E-state index < -0.39 is 0 Å².